The molecule has 2 aromatic rings. The summed E-state index contributed by atoms with van der Waals surface area (Å²) in [5, 5.41) is 12.2. The number of carboxylic acids is 1. The van der Waals surface area contributed by atoms with Gasteiger partial charge in [-0.3, -0.25) is 14.4 Å². The summed E-state index contributed by atoms with van der Waals surface area (Å²) in [6.07, 6.45) is -0.280. The van der Waals surface area contributed by atoms with Gasteiger partial charge >= 0.3 is 5.97 Å². The monoisotopic (exact) mass is 465 g/mol. The Labute approximate surface area is 186 Å². The van der Waals surface area contributed by atoms with Gasteiger partial charge in [-0.1, -0.05) is 23.7 Å². The Bertz CT molecular complexity index is 1010. The normalized spacial score (nSPS) is 15.9. The van der Waals surface area contributed by atoms with Gasteiger partial charge in [-0.25, -0.2) is 4.79 Å². The van der Waals surface area contributed by atoms with Gasteiger partial charge in [-0.05, 0) is 29.8 Å². The molecule has 3 rings (SSSR count). The fourth-order valence-electron chi connectivity index (χ4n) is 3.11. The van der Waals surface area contributed by atoms with Crippen LogP contribution in [0, 0.1) is 0 Å². The lowest BCUT2D eigenvalue weighted by Crippen LogP contribution is -2.52. The van der Waals surface area contributed by atoms with Crippen molar-refractivity contribution >= 4 is 52.2 Å². The summed E-state index contributed by atoms with van der Waals surface area (Å²) < 4.78 is 5.54. The maximum atomic E-state index is 12.7. The van der Waals surface area contributed by atoms with E-state index in [0.29, 0.717) is 28.1 Å². The van der Waals surface area contributed by atoms with Crippen LogP contribution in [0.3, 0.4) is 0 Å². The average Bonchev–Trinajstić information content (AvgIpc) is 3.19. The molecule has 1 saturated heterocycles. The fraction of sp³-hybridized carbons (Fsp3) is 0.300. The second-order valence-corrected chi connectivity index (χ2v) is 8.51. The highest BCUT2D eigenvalue weighted by Crippen LogP contribution is 2.26. The number of hydrogen-bond acceptors (Lipinski definition) is 7. The number of nitrogens with two attached hydrogens (primary N) is 1. The molecule has 31 heavy (non-hydrogen) atoms. The number of thiophene rings is 1. The summed E-state index contributed by atoms with van der Waals surface area (Å²) >= 11 is 6.88. The van der Waals surface area contributed by atoms with Crippen LogP contribution in [-0.2, 0) is 24.7 Å². The smallest absolute Gasteiger partial charge is 0.336 e. The van der Waals surface area contributed by atoms with Crippen LogP contribution in [-0.4, -0.2) is 55.0 Å². The average molecular weight is 466 g/mol. The van der Waals surface area contributed by atoms with Crippen molar-refractivity contribution < 1.29 is 29.0 Å². The van der Waals surface area contributed by atoms with Crippen LogP contribution >= 0.6 is 22.9 Å². The number of hydrogen-bond donors (Lipinski definition) is 3. The summed E-state index contributed by atoms with van der Waals surface area (Å²) in [5.74, 6) is -2.90. The van der Waals surface area contributed by atoms with Crippen LogP contribution in [0.2, 0.25) is 4.34 Å². The number of carbonyl (C=O) groups excluding carboxylic acids is 3. The van der Waals surface area contributed by atoms with Gasteiger partial charge in [0.05, 0.1) is 15.8 Å². The zero-order valence-corrected chi connectivity index (χ0v) is 17.9. The first-order valence-corrected chi connectivity index (χ1v) is 10.5. The van der Waals surface area contributed by atoms with Gasteiger partial charge in [0.2, 0.25) is 0 Å². The number of ether oxygens (including phenoxy) is 1. The Balaban J connectivity index is 1.68. The van der Waals surface area contributed by atoms with E-state index >= 15 is 0 Å². The number of carboxylic acid groups (broad SMARTS) is 1. The third-order valence-electron chi connectivity index (χ3n) is 4.83. The summed E-state index contributed by atoms with van der Waals surface area (Å²) in [6, 6.07) is 9.04. The lowest BCUT2D eigenvalue weighted by molar-refractivity contribution is -0.148. The third-order valence-corrected chi connectivity index (χ3v) is 6.06. The number of Topliss-reactive ketones (excluding diaryl/α,β-unsaturated/α-hetero) is 1. The molecule has 1 aliphatic rings. The molecule has 9 nitrogen and oxygen atoms in total. The number of halogens is 1. The molecule has 1 unspecified atom stereocenters. The van der Waals surface area contributed by atoms with Gasteiger partial charge in [0, 0.05) is 25.2 Å². The van der Waals surface area contributed by atoms with E-state index in [1.165, 1.54) is 17.0 Å². The number of aliphatic carboxylic acids is 1. The molecule has 11 heteroatoms. The minimum Gasteiger partial charge on any atom is -0.479 e. The number of morpholine rings is 1. The van der Waals surface area contributed by atoms with Crippen molar-refractivity contribution in [1.29, 1.82) is 0 Å². The summed E-state index contributed by atoms with van der Waals surface area (Å²) in [7, 11) is 0. The topological polar surface area (TPSA) is 139 Å². The molecule has 1 fully saturated rings. The van der Waals surface area contributed by atoms with E-state index in [9.17, 15) is 24.3 Å². The van der Waals surface area contributed by atoms with E-state index < -0.39 is 23.2 Å². The Morgan fingerprint density at radius 1 is 1.23 bits per heavy atom. The van der Waals surface area contributed by atoms with Crippen LogP contribution in [0.25, 0.3) is 0 Å². The first-order chi connectivity index (χ1) is 14.7. The first kappa shape index (κ1) is 22.9. The molecule has 0 bridgehead atoms. The number of carbonyl (C=O) groups is 4. The molecule has 0 saturated carbocycles. The van der Waals surface area contributed by atoms with Gasteiger partial charge in [-0.2, -0.15) is 0 Å². The fourth-order valence-corrected chi connectivity index (χ4v) is 4.07. The number of nitrogens with zero attached hydrogens (tertiary/aromatic N) is 1. The van der Waals surface area contributed by atoms with Crippen LogP contribution in [0.5, 0.6) is 0 Å². The molecule has 1 aromatic carbocycles. The van der Waals surface area contributed by atoms with Crippen LogP contribution in [0.4, 0.5) is 5.69 Å². The third kappa shape index (κ3) is 4.93. The maximum Gasteiger partial charge on any atom is 0.336 e. The molecule has 0 spiro atoms. The molecular formula is C20H20ClN3O6S. The number of ketones is 1. The molecule has 2 amide bonds. The van der Waals surface area contributed by atoms with Gasteiger partial charge in [0.25, 0.3) is 11.8 Å². The number of amides is 2. The van der Waals surface area contributed by atoms with E-state index in [-0.39, 0.29) is 31.0 Å². The van der Waals surface area contributed by atoms with E-state index in [0.717, 1.165) is 11.3 Å². The molecule has 1 atom stereocenters. The van der Waals surface area contributed by atoms with Crippen LogP contribution < -0.4 is 16.0 Å². The van der Waals surface area contributed by atoms with Crippen molar-refractivity contribution in [1.82, 2.24) is 5.32 Å². The van der Waals surface area contributed by atoms with Crippen molar-refractivity contribution in [3.8, 4) is 0 Å². The predicted molar refractivity (Wildman–Crippen MR) is 114 cm³/mol. The number of rotatable bonds is 8. The minimum absolute atomic E-state index is 0.0282. The van der Waals surface area contributed by atoms with E-state index in [1.54, 1.807) is 24.3 Å². The van der Waals surface area contributed by atoms with E-state index in [1.807, 2.05) is 0 Å². The first-order valence-electron chi connectivity index (χ1n) is 9.31. The molecule has 4 N–H and O–H groups in total. The Kier molecular flexibility index (Phi) is 7.06. The van der Waals surface area contributed by atoms with Crippen LogP contribution in [0.15, 0.2) is 36.4 Å². The molecule has 1 aromatic heterocycles. The Morgan fingerprint density at radius 2 is 1.94 bits per heavy atom. The van der Waals surface area contributed by atoms with Gasteiger partial charge in [-0.15, -0.1) is 11.3 Å². The minimum atomic E-state index is -2.29. The van der Waals surface area contributed by atoms with Crippen LogP contribution in [0.1, 0.15) is 21.7 Å². The second-order valence-electron chi connectivity index (χ2n) is 6.79. The SMILES string of the molecule is NC(C(=O)O)(C(=O)CCNC(=O)c1ccc(Cl)s1)c1ccc(N2CCOCC2=O)cc1. The highest BCUT2D eigenvalue weighted by atomic mass is 35.5. The number of benzene rings is 1. The molecular weight excluding hydrogens is 446 g/mol. The largest absolute Gasteiger partial charge is 0.479 e. The standard InChI is InChI=1S/C20H20ClN3O6S/c21-16-6-5-14(31-16)18(27)23-8-7-15(25)20(22,19(28)29)12-1-3-13(4-2-12)24-9-10-30-11-17(24)26/h1-6H,7-11,22H2,(H,23,27)(H,28,29). The highest BCUT2D eigenvalue weighted by Gasteiger charge is 2.43. The lowest BCUT2D eigenvalue weighted by atomic mass is 9.85. The molecule has 2 heterocycles. The quantitative estimate of drug-likeness (QED) is 0.500. The van der Waals surface area contributed by atoms with Crippen molar-refractivity contribution in [2.24, 2.45) is 5.73 Å². The van der Waals surface area contributed by atoms with Crippen molar-refractivity contribution in [3.05, 3.63) is 51.2 Å². The molecule has 1 aliphatic heterocycles. The van der Waals surface area contributed by atoms with Crippen molar-refractivity contribution in [2.75, 3.05) is 31.2 Å². The zero-order valence-electron chi connectivity index (χ0n) is 16.3. The maximum absolute atomic E-state index is 12.7. The summed E-state index contributed by atoms with van der Waals surface area (Å²) in [6.45, 7) is 0.656. The van der Waals surface area contributed by atoms with Gasteiger partial charge < -0.3 is 25.8 Å². The highest BCUT2D eigenvalue weighted by molar-refractivity contribution is 7.18. The van der Waals surface area contributed by atoms with E-state index in [4.69, 9.17) is 22.1 Å². The van der Waals surface area contributed by atoms with Crippen molar-refractivity contribution in [2.45, 2.75) is 12.0 Å². The van der Waals surface area contributed by atoms with Crippen molar-refractivity contribution in [3.63, 3.8) is 0 Å². The Hall–Kier alpha value is -2.79. The number of nitrogens with one attached hydrogen (secondary N) is 1. The summed E-state index contributed by atoms with van der Waals surface area (Å²) in [4.78, 5) is 50.5. The number of anilines is 1. The zero-order chi connectivity index (χ0) is 22.6. The molecule has 164 valence electrons. The van der Waals surface area contributed by atoms with Gasteiger partial charge in [0.15, 0.2) is 11.3 Å². The Morgan fingerprint density at radius 3 is 2.52 bits per heavy atom. The molecule has 0 radical (unpaired) electrons. The summed E-state index contributed by atoms with van der Waals surface area (Å²) in [5.41, 5.74) is 4.36. The predicted octanol–water partition coefficient (Wildman–Crippen LogP) is 1.39. The molecule has 0 aliphatic carbocycles. The van der Waals surface area contributed by atoms with E-state index in [2.05, 4.69) is 5.32 Å². The lowest BCUT2D eigenvalue weighted by Gasteiger charge is -2.28. The van der Waals surface area contributed by atoms with Gasteiger partial charge in [0.1, 0.15) is 6.61 Å². The second kappa shape index (κ2) is 9.56.